The highest BCUT2D eigenvalue weighted by Gasteiger charge is 2.01. The van der Waals surface area contributed by atoms with Crippen LogP contribution in [0.2, 0.25) is 0 Å². The summed E-state index contributed by atoms with van der Waals surface area (Å²) in [5.74, 6) is 0.190. The van der Waals surface area contributed by atoms with Crippen LogP contribution in [0, 0.1) is 0 Å². The van der Waals surface area contributed by atoms with Crippen molar-refractivity contribution < 1.29 is 5.21 Å². The molecule has 3 nitrogen and oxygen atoms in total. The van der Waals surface area contributed by atoms with Gasteiger partial charge in [-0.25, -0.2) is 0 Å². The first-order chi connectivity index (χ1) is 5.27. The van der Waals surface area contributed by atoms with Gasteiger partial charge in [-0.1, -0.05) is 12.1 Å². The molecule has 4 heteroatoms. The molecule has 1 aromatic rings. The van der Waals surface area contributed by atoms with Gasteiger partial charge in [0.25, 0.3) is 0 Å². The quantitative estimate of drug-likeness (QED) is 0.305. The van der Waals surface area contributed by atoms with Crippen LogP contribution in [0.25, 0.3) is 0 Å². The fraction of sp³-hybridized carbons (Fsp3) is 0.286. The molecule has 0 aromatic carbocycles. The van der Waals surface area contributed by atoms with Gasteiger partial charge in [0.15, 0.2) is 5.84 Å². The van der Waals surface area contributed by atoms with Gasteiger partial charge in [-0.05, 0) is 18.6 Å². The van der Waals surface area contributed by atoms with E-state index in [1.54, 1.807) is 11.3 Å². The lowest BCUT2D eigenvalue weighted by atomic mass is 10.3. The van der Waals surface area contributed by atoms with Crippen molar-refractivity contribution in [1.29, 1.82) is 0 Å². The Hall–Kier alpha value is -1.03. The third-order valence-electron chi connectivity index (χ3n) is 1.37. The van der Waals surface area contributed by atoms with Crippen LogP contribution >= 0.6 is 11.3 Å². The molecule has 0 saturated carbocycles. The van der Waals surface area contributed by atoms with E-state index in [2.05, 4.69) is 12.1 Å². The van der Waals surface area contributed by atoms with Crippen molar-refractivity contribution in [2.24, 2.45) is 10.9 Å². The van der Waals surface area contributed by atoms with Gasteiger partial charge in [-0.15, -0.1) is 11.3 Å². The van der Waals surface area contributed by atoms with Gasteiger partial charge in [0.2, 0.25) is 0 Å². The maximum Gasteiger partial charge on any atom is 0.180 e. The van der Waals surface area contributed by atoms with E-state index in [1.165, 1.54) is 4.88 Å². The van der Waals surface area contributed by atoms with Crippen LogP contribution in [0.15, 0.2) is 17.3 Å². The molecular weight excluding hydrogens is 160 g/mol. The predicted octanol–water partition coefficient (Wildman–Crippen LogP) is 1.41. The molecule has 0 saturated heterocycles. The van der Waals surface area contributed by atoms with E-state index >= 15 is 0 Å². The Morgan fingerprint density at radius 1 is 1.73 bits per heavy atom. The van der Waals surface area contributed by atoms with E-state index in [0.29, 0.717) is 0 Å². The Morgan fingerprint density at radius 2 is 2.45 bits per heavy atom. The molecule has 1 aromatic heterocycles. The van der Waals surface area contributed by atoms with Crippen LogP contribution in [0.4, 0.5) is 0 Å². The Kier molecular flexibility index (Phi) is 2.48. The normalized spacial score (nSPS) is 11.9. The lowest BCUT2D eigenvalue weighted by molar-refractivity contribution is 0.319. The van der Waals surface area contributed by atoms with Gasteiger partial charge >= 0.3 is 0 Å². The predicted molar refractivity (Wildman–Crippen MR) is 46.2 cm³/mol. The Balaban J connectivity index is 2.89. The van der Waals surface area contributed by atoms with E-state index in [-0.39, 0.29) is 5.84 Å². The second-order valence-electron chi connectivity index (χ2n) is 2.10. The number of nitrogens with zero attached hydrogens (tertiary/aromatic N) is 1. The third kappa shape index (κ3) is 1.71. The fourth-order valence-corrected chi connectivity index (χ4v) is 1.60. The van der Waals surface area contributed by atoms with E-state index < -0.39 is 0 Å². The van der Waals surface area contributed by atoms with Gasteiger partial charge in [-0.3, -0.25) is 0 Å². The summed E-state index contributed by atoms with van der Waals surface area (Å²) in [5.41, 5.74) is 5.37. The van der Waals surface area contributed by atoms with E-state index in [4.69, 9.17) is 10.9 Å². The topological polar surface area (TPSA) is 58.6 Å². The summed E-state index contributed by atoms with van der Waals surface area (Å²) in [6.45, 7) is 2.07. The van der Waals surface area contributed by atoms with Crippen LogP contribution in [-0.2, 0) is 6.42 Å². The van der Waals surface area contributed by atoms with E-state index in [9.17, 15) is 0 Å². The first kappa shape index (κ1) is 8.07. The summed E-state index contributed by atoms with van der Waals surface area (Å²) in [6, 6.07) is 3.84. The zero-order chi connectivity index (χ0) is 8.27. The average molecular weight is 170 g/mol. The minimum absolute atomic E-state index is 0.190. The molecule has 0 bridgehead atoms. The fourth-order valence-electron chi connectivity index (χ4n) is 0.755. The minimum Gasteiger partial charge on any atom is -0.409 e. The monoisotopic (exact) mass is 170 g/mol. The molecule has 0 fully saturated rings. The number of oxime groups is 1. The Bertz CT molecular complexity index is 267. The molecule has 0 aliphatic rings. The Morgan fingerprint density at radius 3 is 2.91 bits per heavy atom. The first-order valence-corrected chi connectivity index (χ1v) is 4.16. The number of thiophene rings is 1. The number of hydrogen-bond acceptors (Lipinski definition) is 3. The van der Waals surface area contributed by atoms with Crippen molar-refractivity contribution in [3.63, 3.8) is 0 Å². The summed E-state index contributed by atoms with van der Waals surface area (Å²) >= 11 is 1.55. The maximum absolute atomic E-state index is 8.34. The zero-order valence-corrected chi connectivity index (χ0v) is 7.06. The highest BCUT2D eigenvalue weighted by atomic mass is 32.1. The van der Waals surface area contributed by atoms with E-state index in [0.717, 1.165) is 11.3 Å². The lowest BCUT2D eigenvalue weighted by Crippen LogP contribution is -2.10. The molecule has 0 spiro atoms. The first-order valence-electron chi connectivity index (χ1n) is 3.34. The highest BCUT2D eigenvalue weighted by Crippen LogP contribution is 2.15. The average Bonchev–Trinajstić information content (AvgIpc) is 2.50. The maximum atomic E-state index is 8.34. The number of nitrogens with two attached hydrogens (primary N) is 1. The van der Waals surface area contributed by atoms with Crippen LogP contribution in [0.3, 0.4) is 0 Å². The van der Waals surface area contributed by atoms with Gasteiger partial charge in [0.1, 0.15) is 0 Å². The number of rotatable bonds is 2. The smallest absolute Gasteiger partial charge is 0.180 e. The van der Waals surface area contributed by atoms with Crippen LogP contribution in [0.5, 0.6) is 0 Å². The molecule has 0 radical (unpaired) electrons. The van der Waals surface area contributed by atoms with Gasteiger partial charge in [0.05, 0.1) is 4.88 Å². The second kappa shape index (κ2) is 3.39. The molecule has 11 heavy (non-hydrogen) atoms. The SMILES string of the molecule is CCc1ccc(C(N)=NO)s1. The van der Waals surface area contributed by atoms with Crippen molar-refractivity contribution in [3.8, 4) is 0 Å². The van der Waals surface area contributed by atoms with Crippen LogP contribution in [0.1, 0.15) is 16.7 Å². The van der Waals surface area contributed by atoms with Gasteiger partial charge in [0, 0.05) is 4.88 Å². The number of hydrogen-bond donors (Lipinski definition) is 2. The molecule has 0 aliphatic carbocycles. The number of aryl methyl sites for hydroxylation is 1. The van der Waals surface area contributed by atoms with Crippen LogP contribution in [-0.4, -0.2) is 11.0 Å². The third-order valence-corrected chi connectivity index (χ3v) is 2.62. The molecule has 1 heterocycles. The minimum atomic E-state index is 0.190. The standard InChI is InChI=1S/C7H10N2OS/c1-2-5-3-4-6(11-5)7(8)9-10/h3-4,10H,2H2,1H3,(H2,8,9). The molecule has 1 rings (SSSR count). The van der Waals surface area contributed by atoms with E-state index in [1.807, 2.05) is 12.1 Å². The zero-order valence-electron chi connectivity index (χ0n) is 6.24. The van der Waals surface area contributed by atoms with Crippen molar-refractivity contribution >= 4 is 17.2 Å². The molecule has 60 valence electrons. The second-order valence-corrected chi connectivity index (χ2v) is 3.27. The van der Waals surface area contributed by atoms with Crippen LogP contribution < -0.4 is 5.73 Å². The highest BCUT2D eigenvalue weighted by molar-refractivity contribution is 7.14. The van der Waals surface area contributed by atoms with Crippen molar-refractivity contribution in [2.45, 2.75) is 13.3 Å². The number of amidine groups is 1. The summed E-state index contributed by atoms with van der Waals surface area (Å²) in [4.78, 5) is 2.07. The summed E-state index contributed by atoms with van der Waals surface area (Å²) in [6.07, 6.45) is 0.989. The lowest BCUT2D eigenvalue weighted by Gasteiger charge is -1.89. The summed E-state index contributed by atoms with van der Waals surface area (Å²) < 4.78 is 0. The van der Waals surface area contributed by atoms with Gasteiger partial charge in [-0.2, -0.15) is 0 Å². The largest absolute Gasteiger partial charge is 0.409 e. The molecular formula is C7H10N2OS. The van der Waals surface area contributed by atoms with Crippen molar-refractivity contribution in [1.82, 2.24) is 0 Å². The molecule has 3 N–H and O–H groups in total. The van der Waals surface area contributed by atoms with Crippen molar-refractivity contribution in [2.75, 3.05) is 0 Å². The molecule has 0 atom stereocenters. The molecule has 0 aliphatic heterocycles. The molecule has 0 unspecified atom stereocenters. The summed E-state index contributed by atoms with van der Waals surface area (Å²) in [5, 5.41) is 11.3. The molecule has 0 amide bonds. The summed E-state index contributed by atoms with van der Waals surface area (Å²) in [7, 11) is 0. The van der Waals surface area contributed by atoms with Gasteiger partial charge < -0.3 is 10.9 Å². The Labute approximate surface area is 69.2 Å². The van der Waals surface area contributed by atoms with Crippen molar-refractivity contribution in [3.05, 3.63) is 21.9 Å².